The first-order chi connectivity index (χ1) is 14.9. The molecule has 0 aromatic heterocycles. The van der Waals surface area contributed by atoms with Gasteiger partial charge in [-0.3, -0.25) is 9.59 Å². The first kappa shape index (κ1) is 24.7. The van der Waals surface area contributed by atoms with Gasteiger partial charge in [-0.2, -0.15) is 0 Å². The number of carbonyl (C=O) groups is 2. The summed E-state index contributed by atoms with van der Waals surface area (Å²) in [6.45, 7) is 8.61. The van der Waals surface area contributed by atoms with Crippen LogP contribution in [0.15, 0.2) is 42.5 Å². The number of unbranched alkanes of at least 4 members (excludes halogenated alkanes) is 1. The Morgan fingerprint density at radius 3 is 2.32 bits per heavy atom. The highest BCUT2D eigenvalue weighted by atomic mass is 35.5. The molecule has 0 saturated carbocycles. The predicted molar refractivity (Wildman–Crippen MR) is 125 cm³/mol. The minimum atomic E-state index is -0.554. The Morgan fingerprint density at radius 2 is 1.74 bits per heavy atom. The highest BCUT2D eigenvalue weighted by molar-refractivity contribution is 6.32. The van der Waals surface area contributed by atoms with Crippen LogP contribution in [-0.4, -0.2) is 35.9 Å². The van der Waals surface area contributed by atoms with Crippen molar-refractivity contribution in [2.45, 2.75) is 59.5 Å². The molecule has 2 aromatic carbocycles. The molecule has 1 atom stereocenters. The molecule has 1 unspecified atom stereocenters. The van der Waals surface area contributed by atoms with Crippen LogP contribution in [0.1, 0.15) is 49.8 Å². The Morgan fingerprint density at radius 1 is 1.10 bits per heavy atom. The summed E-state index contributed by atoms with van der Waals surface area (Å²) in [7, 11) is 0. The molecule has 0 bridgehead atoms. The number of aryl methyl sites for hydroxylation is 2. The fourth-order valence-corrected chi connectivity index (χ4v) is 3.53. The topological polar surface area (TPSA) is 58.6 Å². The second-order valence-corrected chi connectivity index (χ2v) is 8.11. The van der Waals surface area contributed by atoms with E-state index >= 15 is 0 Å². The van der Waals surface area contributed by atoms with Crippen LogP contribution < -0.4 is 10.1 Å². The number of nitrogens with zero attached hydrogens (tertiary/aromatic N) is 1. The minimum absolute atomic E-state index is 0.126. The van der Waals surface area contributed by atoms with Crippen molar-refractivity contribution in [2.24, 2.45) is 0 Å². The number of rotatable bonds is 11. The van der Waals surface area contributed by atoms with Crippen molar-refractivity contribution in [3.05, 3.63) is 64.2 Å². The third kappa shape index (κ3) is 7.28. The summed E-state index contributed by atoms with van der Waals surface area (Å²) in [6, 6.07) is 12.8. The van der Waals surface area contributed by atoms with E-state index in [0.29, 0.717) is 30.3 Å². The van der Waals surface area contributed by atoms with Crippen LogP contribution in [0.2, 0.25) is 5.02 Å². The van der Waals surface area contributed by atoms with E-state index in [0.717, 1.165) is 29.5 Å². The SMILES string of the molecule is CCCCNC(=O)C(CC)N(Cc1ccccc1)C(=O)COc1cc(C)c(Cl)c(C)c1. The number of benzene rings is 2. The first-order valence-electron chi connectivity index (χ1n) is 10.9. The molecule has 0 radical (unpaired) electrons. The van der Waals surface area contributed by atoms with Crippen molar-refractivity contribution in [3.8, 4) is 5.75 Å². The largest absolute Gasteiger partial charge is 0.484 e. The monoisotopic (exact) mass is 444 g/mol. The predicted octanol–water partition coefficient (Wildman–Crippen LogP) is 5.06. The molecule has 6 heteroatoms. The molecule has 2 rings (SSSR count). The fraction of sp³-hybridized carbons (Fsp3) is 0.440. The molecule has 0 heterocycles. The van der Waals surface area contributed by atoms with Gasteiger partial charge in [0.05, 0.1) is 0 Å². The zero-order chi connectivity index (χ0) is 22.8. The van der Waals surface area contributed by atoms with E-state index in [-0.39, 0.29) is 18.4 Å². The maximum absolute atomic E-state index is 13.2. The quantitative estimate of drug-likeness (QED) is 0.493. The first-order valence-corrected chi connectivity index (χ1v) is 11.3. The molecule has 0 fully saturated rings. The molecule has 0 aliphatic heterocycles. The van der Waals surface area contributed by atoms with E-state index in [1.807, 2.05) is 63.2 Å². The molecule has 0 spiro atoms. The van der Waals surface area contributed by atoms with E-state index < -0.39 is 6.04 Å². The molecule has 5 nitrogen and oxygen atoms in total. The van der Waals surface area contributed by atoms with E-state index in [4.69, 9.17) is 16.3 Å². The van der Waals surface area contributed by atoms with Gasteiger partial charge in [-0.15, -0.1) is 0 Å². The van der Waals surface area contributed by atoms with Crippen LogP contribution in [0, 0.1) is 13.8 Å². The second-order valence-electron chi connectivity index (χ2n) is 7.74. The molecule has 31 heavy (non-hydrogen) atoms. The number of amides is 2. The third-order valence-electron chi connectivity index (χ3n) is 5.18. The molecule has 0 aliphatic rings. The minimum Gasteiger partial charge on any atom is -0.484 e. The molecule has 168 valence electrons. The Hall–Kier alpha value is -2.53. The van der Waals surface area contributed by atoms with Crippen LogP contribution in [-0.2, 0) is 16.1 Å². The molecule has 0 aliphatic carbocycles. The Labute approximate surface area is 190 Å². The van der Waals surface area contributed by atoms with Gasteiger partial charge in [-0.1, -0.05) is 62.2 Å². The van der Waals surface area contributed by atoms with Crippen molar-refractivity contribution in [1.29, 1.82) is 0 Å². The number of hydrogen-bond acceptors (Lipinski definition) is 3. The normalized spacial score (nSPS) is 11.6. The van der Waals surface area contributed by atoms with Crippen LogP contribution >= 0.6 is 11.6 Å². The zero-order valence-electron chi connectivity index (χ0n) is 18.9. The lowest BCUT2D eigenvalue weighted by Crippen LogP contribution is -2.50. The summed E-state index contributed by atoms with van der Waals surface area (Å²) in [6.07, 6.45) is 2.43. The standard InChI is InChI=1S/C25H33ClN2O3/c1-5-7-13-27-25(30)22(6-2)28(16-20-11-9-8-10-12-20)23(29)17-31-21-14-18(3)24(26)19(4)15-21/h8-12,14-15,22H,5-7,13,16-17H2,1-4H3,(H,27,30). The summed E-state index contributed by atoms with van der Waals surface area (Å²) < 4.78 is 5.79. The van der Waals surface area contributed by atoms with E-state index in [1.54, 1.807) is 4.90 Å². The lowest BCUT2D eigenvalue weighted by atomic mass is 10.1. The summed E-state index contributed by atoms with van der Waals surface area (Å²) >= 11 is 6.23. The summed E-state index contributed by atoms with van der Waals surface area (Å²) in [5.41, 5.74) is 2.76. The smallest absolute Gasteiger partial charge is 0.261 e. The van der Waals surface area contributed by atoms with E-state index in [1.165, 1.54) is 0 Å². The summed E-state index contributed by atoms with van der Waals surface area (Å²) in [5, 5.41) is 3.66. The van der Waals surface area contributed by atoms with Gasteiger partial charge in [-0.25, -0.2) is 0 Å². The van der Waals surface area contributed by atoms with Gasteiger partial charge in [0, 0.05) is 18.1 Å². The average molecular weight is 445 g/mol. The molecule has 2 aromatic rings. The highest BCUT2D eigenvalue weighted by Gasteiger charge is 2.28. The number of carbonyl (C=O) groups excluding carboxylic acids is 2. The van der Waals surface area contributed by atoms with Crippen molar-refractivity contribution in [2.75, 3.05) is 13.2 Å². The summed E-state index contributed by atoms with van der Waals surface area (Å²) in [5.74, 6) is 0.234. The lowest BCUT2D eigenvalue weighted by Gasteiger charge is -2.30. The van der Waals surface area contributed by atoms with E-state index in [9.17, 15) is 9.59 Å². The van der Waals surface area contributed by atoms with Crippen LogP contribution in [0.25, 0.3) is 0 Å². The summed E-state index contributed by atoms with van der Waals surface area (Å²) in [4.78, 5) is 27.6. The molecule has 1 N–H and O–H groups in total. The number of ether oxygens (including phenoxy) is 1. The van der Waals surface area contributed by atoms with Gasteiger partial charge in [0.1, 0.15) is 11.8 Å². The van der Waals surface area contributed by atoms with Crippen LogP contribution in [0.3, 0.4) is 0 Å². The van der Waals surface area contributed by atoms with Crippen molar-refractivity contribution < 1.29 is 14.3 Å². The third-order valence-corrected chi connectivity index (χ3v) is 5.78. The van der Waals surface area contributed by atoms with Crippen molar-refractivity contribution in [1.82, 2.24) is 10.2 Å². The van der Waals surface area contributed by atoms with Gasteiger partial charge in [0.25, 0.3) is 5.91 Å². The van der Waals surface area contributed by atoms with Gasteiger partial charge in [-0.05, 0) is 55.5 Å². The lowest BCUT2D eigenvalue weighted by molar-refractivity contribution is -0.143. The number of hydrogen-bond donors (Lipinski definition) is 1. The average Bonchev–Trinajstić information content (AvgIpc) is 2.76. The number of halogens is 1. The van der Waals surface area contributed by atoms with Gasteiger partial charge in [0.2, 0.25) is 5.91 Å². The van der Waals surface area contributed by atoms with Crippen molar-refractivity contribution in [3.63, 3.8) is 0 Å². The Balaban J connectivity index is 2.17. The van der Waals surface area contributed by atoms with Crippen molar-refractivity contribution >= 4 is 23.4 Å². The Bertz CT molecular complexity index is 847. The van der Waals surface area contributed by atoms with Gasteiger partial charge < -0.3 is 15.0 Å². The molecular weight excluding hydrogens is 412 g/mol. The molecule has 0 saturated heterocycles. The fourth-order valence-electron chi connectivity index (χ4n) is 3.42. The maximum atomic E-state index is 13.2. The van der Waals surface area contributed by atoms with E-state index in [2.05, 4.69) is 12.2 Å². The highest BCUT2D eigenvalue weighted by Crippen LogP contribution is 2.26. The molecule has 2 amide bonds. The van der Waals surface area contributed by atoms with Crippen LogP contribution in [0.4, 0.5) is 0 Å². The number of nitrogens with one attached hydrogen (secondary N) is 1. The Kier molecular flexibility index (Phi) is 9.86. The van der Waals surface area contributed by atoms with Crippen LogP contribution in [0.5, 0.6) is 5.75 Å². The van der Waals surface area contributed by atoms with Gasteiger partial charge >= 0.3 is 0 Å². The maximum Gasteiger partial charge on any atom is 0.261 e. The zero-order valence-corrected chi connectivity index (χ0v) is 19.7. The van der Waals surface area contributed by atoms with Gasteiger partial charge in [0.15, 0.2) is 6.61 Å². The molecular formula is C25H33ClN2O3. The second kappa shape index (κ2) is 12.4.